The van der Waals surface area contributed by atoms with E-state index < -0.39 is 16.9 Å². The van der Waals surface area contributed by atoms with E-state index in [1.54, 1.807) is 0 Å². The number of amides is 1. The van der Waals surface area contributed by atoms with Crippen LogP contribution in [0, 0.1) is 5.41 Å². The molecule has 100 valence electrons. The Morgan fingerprint density at radius 2 is 1.65 bits per heavy atom. The lowest BCUT2D eigenvalue weighted by Crippen LogP contribution is -2.56. The van der Waals surface area contributed by atoms with Gasteiger partial charge in [-0.25, -0.2) is 4.79 Å². The van der Waals surface area contributed by atoms with Crippen LogP contribution in [0.3, 0.4) is 0 Å². The molecule has 5 nitrogen and oxygen atoms in total. The number of carboxylic acid groups (broad SMARTS) is 1. The zero-order chi connectivity index (χ0) is 13.9. The van der Waals surface area contributed by atoms with Crippen LogP contribution in [0.15, 0.2) is 0 Å². The largest absolute Gasteiger partial charge is 0.480 e. The lowest BCUT2D eigenvalue weighted by molar-refractivity contribution is -0.160. The van der Waals surface area contributed by atoms with Gasteiger partial charge in [0.2, 0.25) is 5.91 Å². The molecule has 3 N–H and O–H groups in total. The fourth-order valence-electron chi connectivity index (χ4n) is 1.68. The molecule has 0 aromatic heterocycles. The van der Waals surface area contributed by atoms with Crippen molar-refractivity contribution < 1.29 is 14.7 Å². The number of nitrogens with zero attached hydrogens (tertiary/aromatic N) is 1. The van der Waals surface area contributed by atoms with E-state index in [-0.39, 0.29) is 12.5 Å². The molecule has 0 aliphatic rings. The summed E-state index contributed by atoms with van der Waals surface area (Å²) in [6.07, 6.45) is 1.22. The summed E-state index contributed by atoms with van der Waals surface area (Å²) >= 11 is 0. The van der Waals surface area contributed by atoms with Crippen LogP contribution in [0.2, 0.25) is 0 Å². The van der Waals surface area contributed by atoms with Gasteiger partial charge in [0.1, 0.15) is 5.54 Å². The summed E-state index contributed by atoms with van der Waals surface area (Å²) in [6, 6.07) is 0. The zero-order valence-corrected chi connectivity index (χ0v) is 11.4. The molecule has 0 saturated carbocycles. The maximum Gasteiger partial charge on any atom is 0.329 e. The van der Waals surface area contributed by atoms with Crippen LogP contribution in [-0.4, -0.2) is 41.0 Å². The van der Waals surface area contributed by atoms with Crippen molar-refractivity contribution in [2.45, 2.75) is 46.1 Å². The molecule has 0 atom stereocenters. The Hall–Kier alpha value is -1.10. The highest BCUT2D eigenvalue weighted by Gasteiger charge is 2.43. The molecule has 0 spiro atoms. The number of hydrogen-bond donors (Lipinski definition) is 2. The van der Waals surface area contributed by atoms with Crippen LogP contribution < -0.4 is 5.73 Å². The van der Waals surface area contributed by atoms with Crippen LogP contribution >= 0.6 is 0 Å². The van der Waals surface area contributed by atoms with Crippen LogP contribution in [0.5, 0.6) is 0 Å². The number of carbonyl (C=O) groups excluding carboxylic acids is 1. The van der Waals surface area contributed by atoms with E-state index in [1.165, 1.54) is 25.8 Å². The molecule has 0 aromatic carbocycles. The Labute approximate surface area is 103 Å². The summed E-state index contributed by atoms with van der Waals surface area (Å²) < 4.78 is 0. The summed E-state index contributed by atoms with van der Waals surface area (Å²) in [5.74, 6) is -1.22. The molecule has 0 aliphatic heterocycles. The van der Waals surface area contributed by atoms with Gasteiger partial charge in [0, 0.05) is 13.6 Å². The lowest BCUT2D eigenvalue weighted by atomic mass is 9.80. The summed E-state index contributed by atoms with van der Waals surface area (Å²) in [4.78, 5) is 24.8. The third-order valence-corrected chi connectivity index (χ3v) is 3.86. The van der Waals surface area contributed by atoms with Crippen LogP contribution in [-0.2, 0) is 9.59 Å². The Morgan fingerprint density at radius 3 is 1.88 bits per heavy atom. The predicted octanol–water partition coefficient (Wildman–Crippen LogP) is 1.07. The van der Waals surface area contributed by atoms with E-state index in [0.717, 1.165) is 0 Å². The SMILES string of the molecule is CCC(CC)(CN)C(=O)N(C)C(C)(C)C(=O)O. The highest BCUT2D eigenvalue weighted by molar-refractivity contribution is 5.89. The molecule has 0 heterocycles. The van der Waals surface area contributed by atoms with E-state index in [4.69, 9.17) is 10.8 Å². The number of aliphatic carboxylic acids is 1. The molecule has 0 fully saturated rings. The first kappa shape index (κ1) is 15.9. The van der Waals surface area contributed by atoms with Crippen molar-refractivity contribution >= 4 is 11.9 Å². The molecule has 0 rings (SSSR count). The number of hydrogen-bond acceptors (Lipinski definition) is 3. The minimum atomic E-state index is -1.22. The second-order valence-electron chi connectivity index (χ2n) is 4.92. The molecular weight excluding hydrogens is 220 g/mol. The third kappa shape index (κ3) is 2.77. The Kier molecular flexibility index (Phi) is 5.13. The topological polar surface area (TPSA) is 83.6 Å². The van der Waals surface area contributed by atoms with Crippen molar-refractivity contribution in [3.63, 3.8) is 0 Å². The van der Waals surface area contributed by atoms with Gasteiger partial charge in [-0.05, 0) is 26.7 Å². The van der Waals surface area contributed by atoms with Crippen LogP contribution in [0.25, 0.3) is 0 Å². The Bertz CT molecular complexity index is 288. The van der Waals surface area contributed by atoms with Crippen molar-refractivity contribution in [3.8, 4) is 0 Å². The highest BCUT2D eigenvalue weighted by atomic mass is 16.4. The maximum atomic E-state index is 12.4. The lowest BCUT2D eigenvalue weighted by Gasteiger charge is -2.39. The summed E-state index contributed by atoms with van der Waals surface area (Å²) in [6.45, 7) is 7.06. The number of likely N-dealkylation sites (N-methyl/N-ethyl adjacent to an activating group) is 1. The molecule has 1 amide bonds. The van der Waals surface area contributed by atoms with Crippen LogP contribution in [0.4, 0.5) is 0 Å². The third-order valence-electron chi connectivity index (χ3n) is 3.86. The number of rotatable bonds is 6. The van der Waals surface area contributed by atoms with Crippen molar-refractivity contribution in [2.24, 2.45) is 11.1 Å². The van der Waals surface area contributed by atoms with Crippen molar-refractivity contribution in [2.75, 3.05) is 13.6 Å². The minimum absolute atomic E-state index is 0.197. The van der Waals surface area contributed by atoms with Gasteiger partial charge in [-0.2, -0.15) is 0 Å². The smallest absolute Gasteiger partial charge is 0.329 e. The van der Waals surface area contributed by atoms with Gasteiger partial charge < -0.3 is 15.7 Å². The first-order chi connectivity index (χ1) is 7.69. The van der Waals surface area contributed by atoms with E-state index >= 15 is 0 Å². The maximum absolute atomic E-state index is 12.4. The van der Waals surface area contributed by atoms with E-state index in [0.29, 0.717) is 12.8 Å². The predicted molar refractivity (Wildman–Crippen MR) is 66.6 cm³/mol. The Morgan fingerprint density at radius 1 is 1.24 bits per heavy atom. The average molecular weight is 244 g/mol. The first-order valence-corrected chi connectivity index (χ1v) is 5.91. The van der Waals surface area contributed by atoms with Crippen molar-refractivity contribution in [3.05, 3.63) is 0 Å². The molecule has 17 heavy (non-hydrogen) atoms. The number of nitrogens with two attached hydrogens (primary N) is 1. The molecule has 0 saturated heterocycles. The first-order valence-electron chi connectivity index (χ1n) is 5.91. The number of carbonyl (C=O) groups is 2. The summed E-state index contributed by atoms with van der Waals surface area (Å²) in [5.41, 5.74) is 3.82. The van der Waals surface area contributed by atoms with E-state index in [2.05, 4.69) is 0 Å². The molecule has 0 bridgehead atoms. The quantitative estimate of drug-likeness (QED) is 0.732. The molecule has 0 aromatic rings. The summed E-state index contributed by atoms with van der Waals surface area (Å²) in [5, 5.41) is 9.12. The fourth-order valence-corrected chi connectivity index (χ4v) is 1.68. The molecule has 5 heteroatoms. The van der Waals surface area contributed by atoms with Gasteiger partial charge in [0.15, 0.2) is 0 Å². The van der Waals surface area contributed by atoms with E-state index in [9.17, 15) is 9.59 Å². The number of carboxylic acids is 1. The second kappa shape index (κ2) is 5.49. The zero-order valence-electron chi connectivity index (χ0n) is 11.4. The molecular formula is C12H24N2O3. The molecule has 0 aliphatic carbocycles. The van der Waals surface area contributed by atoms with Gasteiger partial charge in [0.05, 0.1) is 5.41 Å². The Balaban J connectivity index is 5.23. The second-order valence-corrected chi connectivity index (χ2v) is 4.92. The van der Waals surface area contributed by atoms with E-state index in [1.807, 2.05) is 13.8 Å². The average Bonchev–Trinajstić information content (AvgIpc) is 2.30. The molecule has 0 radical (unpaired) electrons. The summed E-state index contributed by atoms with van der Waals surface area (Å²) in [7, 11) is 1.52. The monoisotopic (exact) mass is 244 g/mol. The normalized spacial score (nSPS) is 12.4. The van der Waals surface area contributed by atoms with Gasteiger partial charge >= 0.3 is 5.97 Å². The fraction of sp³-hybridized carbons (Fsp3) is 0.833. The standard InChI is InChI=1S/C12H24N2O3/c1-6-12(7-2,8-13)9(15)14(5)11(3,4)10(16)17/h6-8,13H2,1-5H3,(H,16,17). The molecule has 0 unspecified atom stereocenters. The van der Waals surface area contributed by atoms with Crippen molar-refractivity contribution in [1.29, 1.82) is 0 Å². The van der Waals surface area contributed by atoms with Gasteiger partial charge in [-0.3, -0.25) is 4.79 Å². The van der Waals surface area contributed by atoms with Gasteiger partial charge in [0.25, 0.3) is 0 Å². The minimum Gasteiger partial charge on any atom is -0.480 e. The van der Waals surface area contributed by atoms with Crippen LogP contribution in [0.1, 0.15) is 40.5 Å². The van der Waals surface area contributed by atoms with Gasteiger partial charge in [-0.15, -0.1) is 0 Å². The van der Waals surface area contributed by atoms with Crippen molar-refractivity contribution in [1.82, 2.24) is 4.90 Å². The van der Waals surface area contributed by atoms with Gasteiger partial charge in [-0.1, -0.05) is 13.8 Å². The highest BCUT2D eigenvalue weighted by Crippen LogP contribution is 2.30.